The van der Waals surface area contributed by atoms with Gasteiger partial charge in [-0.1, -0.05) is 174 Å². The number of rotatable bonds is 42. The van der Waals surface area contributed by atoms with Gasteiger partial charge in [0.1, 0.15) is 6.61 Å². The van der Waals surface area contributed by atoms with Crippen LogP contribution in [0.4, 0.5) is 0 Å². The van der Waals surface area contributed by atoms with Crippen LogP contribution in [0.2, 0.25) is 0 Å². The van der Waals surface area contributed by atoms with Crippen molar-refractivity contribution in [2.75, 3.05) is 41.0 Å². The summed E-state index contributed by atoms with van der Waals surface area (Å²) in [6, 6.07) is -0.611. The highest BCUT2D eigenvalue weighted by Gasteiger charge is 2.31. The van der Waals surface area contributed by atoms with Crippen LogP contribution in [0.5, 0.6) is 0 Å². The number of hydrogen-bond donors (Lipinski definition) is 1. The van der Waals surface area contributed by atoms with E-state index in [1.807, 2.05) is 21.1 Å². The van der Waals surface area contributed by atoms with Crippen LogP contribution in [0.15, 0.2) is 12.2 Å². The summed E-state index contributed by atoms with van der Waals surface area (Å²) in [4.78, 5) is 37.0. The molecule has 0 fully saturated rings. The van der Waals surface area contributed by atoms with E-state index in [9.17, 15) is 19.5 Å². The third kappa shape index (κ3) is 37.4. The Hall–Kier alpha value is -1.93. The molecule has 0 aromatic heterocycles. The van der Waals surface area contributed by atoms with Gasteiger partial charge in [-0.3, -0.25) is 9.59 Å². The Morgan fingerprint density at radius 3 is 1.31 bits per heavy atom. The topological polar surface area (TPSA) is 99.1 Å². The van der Waals surface area contributed by atoms with Crippen molar-refractivity contribution in [1.29, 1.82) is 0 Å². The molecular weight excluding hydrogens is 691 g/mol. The zero-order valence-corrected chi connectivity index (χ0v) is 36.9. The largest absolute Gasteiger partial charge is 0.477 e. The lowest BCUT2D eigenvalue weighted by atomic mass is 10.0. The monoisotopic (exact) mass is 781 g/mol. The van der Waals surface area contributed by atoms with E-state index in [0.717, 1.165) is 38.5 Å². The summed E-state index contributed by atoms with van der Waals surface area (Å²) in [7, 11) is 5.54. The van der Waals surface area contributed by atoms with E-state index in [-0.39, 0.29) is 36.2 Å². The van der Waals surface area contributed by atoms with Gasteiger partial charge in [-0.25, -0.2) is 4.79 Å². The average molecular weight is 781 g/mol. The Kier molecular flexibility index (Phi) is 37.6. The molecule has 1 N–H and O–H groups in total. The van der Waals surface area contributed by atoms with Crippen molar-refractivity contribution < 1.29 is 38.2 Å². The normalized spacial score (nSPS) is 13.0. The van der Waals surface area contributed by atoms with Gasteiger partial charge in [0, 0.05) is 19.3 Å². The van der Waals surface area contributed by atoms with Crippen LogP contribution in [0.1, 0.15) is 219 Å². The molecule has 0 aromatic rings. The summed E-state index contributed by atoms with van der Waals surface area (Å²) in [5.74, 6) is -1.46. The Balaban J connectivity index is 4.29. The van der Waals surface area contributed by atoms with Crippen LogP contribution < -0.4 is 0 Å². The second kappa shape index (κ2) is 38.9. The first kappa shape index (κ1) is 53.1. The molecule has 0 amide bonds. The number of carboxylic acids is 1. The zero-order chi connectivity index (χ0) is 40.7. The lowest BCUT2D eigenvalue weighted by molar-refractivity contribution is -0.887. The fourth-order valence-electron chi connectivity index (χ4n) is 7.03. The number of carbonyl (C=O) groups excluding carboxylic acids is 2. The molecule has 0 rings (SSSR count). The van der Waals surface area contributed by atoms with Crippen LogP contribution in [0, 0.1) is 0 Å². The third-order valence-corrected chi connectivity index (χ3v) is 10.7. The van der Waals surface area contributed by atoms with Crippen LogP contribution in [0.25, 0.3) is 0 Å². The molecular formula is C47H90NO7+. The van der Waals surface area contributed by atoms with Gasteiger partial charge in [-0.2, -0.15) is 0 Å². The van der Waals surface area contributed by atoms with Crippen molar-refractivity contribution in [2.24, 2.45) is 0 Å². The first-order valence-corrected chi connectivity index (χ1v) is 23.2. The molecule has 0 bridgehead atoms. The molecule has 8 heteroatoms. The van der Waals surface area contributed by atoms with E-state index in [1.54, 1.807) is 0 Å². The van der Waals surface area contributed by atoms with Crippen molar-refractivity contribution in [3.8, 4) is 0 Å². The number of ether oxygens (including phenoxy) is 3. The first-order valence-electron chi connectivity index (χ1n) is 23.2. The SMILES string of the molecule is CCCCCCCC/C=C/CCCCCCCCCC(=O)OC(COCCC(C(=O)O)[N+](C)(C)C)COC(=O)CCCCCCCCCCCCCCCC. The molecule has 324 valence electrons. The number of carboxylic acid groups (broad SMARTS) is 1. The van der Waals surface area contributed by atoms with E-state index in [4.69, 9.17) is 14.2 Å². The van der Waals surface area contributed by atoms with E-state index >= 15 is 0 Å². The predicted molar refractivity (Wildman–Crippen MR) is 229 cm³/mol. The number of hydrogen-bond acceptors (Lipinski definition) is 6. The average Bonchev–Trinajstić information content (AvgIpc) is 3.14. The number of allylic oxidation sites excluding steroid dienone is 2. The van der Waals surface area contributed by atoms with Gasteiger partial charge in [-0.15, -0.1) is 0 Å². The number of quaternary nitrogens is 1. The first-order chi connectivity index (χ1) is 26.6. The van der Waals surface area contributed by atoms with Crippen molar-refractivity contribution in [3.63, 3.8) is 0 Å². The predicted octanol–water partition coefficient (Wildman–Crippen LogP) is 12.7. The Morgan fingerprint density at radius 2 is 0.909 bits per heavy atom. The van der Waals surface area contributed by atoms with Crippen molar-refractivity contribution >= 4 is 17.9 Å². The zero-order valence-electron chi connectivity index (χ0n) is 36.9. The second-order valence-electron chi connectivity index (χ2n) is 17.0. The summed E-state index contributed by atoms with van der Waals surface area (Å²) in [5.41, 5.74) is 0. The molecule has 8 nitrogen and oxygen atoms in total. The highest BCUT2D eigenvalue weighted by molar-refractivity contribution is 5.72. The standard InChI is InChI=1S/C47H89NO7/c1-6-8-10-12-14-16-18-20-22-23-24-26-28-30-32-34-36-38-46(50)55-43(41-53-40-39-44(47(51)52)48(3,4)5)42-54-45(49)37-35-33-31-29-27-25-21-19-17-15-13-11-9-7-2/h20,22,43-44H,6-19,21,23-42H2,1-5H3/p+1/b22-20+. The molecule has 0 aliphatic carbocycles. The van der Waals surface area contributed by atoms with Gasteiger partial charge < -0.3 is 23.8 Å². The molecule has 0 heterocycles. The number of carbonyl (C=O) groups is 3. The molecule has 0 aliphatic heterocycles. The highest BCUT2D eigenvalue weighted by atomic mass is 16.6. The molecule has 0 saturated heterocycles. The Labute approximate surface area is 339 Å². The maximum Gasteiger partial charge on any atom is 0.362 e. The van der Waals surface area contributed by atoms with Gasteiger partial charge in [0.25, 0.3) is 0 Å². The van der Waals surface area contributed by atoms with Gasteiger partial charge in [-0.05, 0) is 38.5 Å². The molecule has 2 atom stereocenters. The van der Waals surface area contributed by atoms with E-state index in [0.29, 0.717) is 19.3 Å². The highest BCUT2D eigenvalue weighted by Crippen LogP contribution is 2.15. The molecule has 0 radical (unpaired) electrons. The van der Waals surface area contributed by atoms with Crippen LogP contribution in [-0.4, -0.2) is 80.6 Å². The summed E-state index contributed by atoms with van der Waals surface area (Å²) in [6.45, 7) is 4.76. The summed E-state index contributed by atoms with van der Waals surface area (Å²) < 4.78 is 17.3. The minimum Gasteiger partial charge on any atom is -0.477 e. The number of esters is 2. The molecule has 0 spiro atoms. The van der Waals surface area contributed by atoms with Crippen molar-refractivity contribution in [2.45, 2.75) is 231 Å². The Morgan fingerprint density at radius 1 is 0.527 bits per heavy atom. The fourth-order valence-corrected chi connectivity index (χ4v) is 7.03. The molecule has 0 saturated carbocycles. The third-order valence-electron chi connectivity index (χ3n) is 10.7. The number of nitrogens with zero attached hydrogens (tertiary/aromatic N) is 1. The van der Waals surface area contributed by atoms with Crippen molar-refractivity contribution in [1.82, 2.24) is 0 Å². The minimum absolute atomic E-state index is 0.0465. The Bertz CT molecular complexity index is 915. The number of aliphatic carboxylic acids is 1. The van der Waals surface area contributed by atoms with Gasteiger partial charge in [0.2, 0.25) is 0 Å². The van der Waals surface area contributed by atoms with Gasteiger partial charge >= 0.3 is 17.9 Å². The molecule has 0 aliphatic rings. The van der Waals surface area contributed by atoms with Crippen LogP contribution >= 0.6 is 0 Å². The number of likely N-dealkylation sites (N-methyl/N-ethyl adjacent to an activating group) is 1. The molecule has 0 aromatic carbocycles. The maximum absolute atomic E-state index is 12.7. The van der Waals surface area contributed by atoms with Gasteiger partial charge in [0.05, 0.1) is 34.4 Å². The fraction of sp³-hybridized carbons (Fsp3) is 0.894. The van der Waals surface area contributed by atoms with Gasteiger partial charge in [0.15, 0.2) is 12.1 Å². The van der Waals surface area contributed by atoms with E-state index in [1.165, 1.54) is 148 Å². The number of unbranched alkanes of at least 4 members (excludes halogenated alkanes) is 26. The smallest absolute Gasteiger partial charge is 0.362 e. The van der Waals surface area contributed by atoms with E-state index in [2.05, 4.69) is 26.0 Å². The van der Waals surface area contributed by atoms with Crippen molar-refractivity contribution in [3.05, 3.63) is 12.2 Å². The lowest BCUT2D eigenvalue weighted by Crippen LogP contribution is -2.50. The molecule has 2 unspecified atom stereocenters. The maximum atomic E-state index is 12.7. The van der Waals surface area contributed by atoms with Crippen LogP contribution in [-0.2, 0) is 28.6 Å². The summed E-state index contributed by atoms with van der Waals surface area (Å²) in [5, 5.41) is 9.62. The molecule has 55 heavy (non-hydrogen) atoms. The second-order valence-corrected chi connectivity index (χ2v) is 17.0. The minimum atomic E-state index is -0.872. The van der Waals surface area contributed by atoms with E-state index < -0.39 is 18.1 Å². The summed E-state index contributed by atoms with van der Waals surface area (Å²) >= 11 is 0. The van der Waals surface area contributed by atoms with Crippen LogP contribution in [0.3, 0.4) is 0 Å². The summed E-state index contributed by atoms with van der Waals surface area (Å²) in [6.07, 6.45) is 41.0. The quantitative estimate of drug-likeness (QED) is 0.0285. The lowest BCUT2D eigenvalue weighted by Gasteiger charge is -2.31.